The lowest BCUT2D eigenvalue weighted by atomic mass is 10.2. The van der Waals surface area contributed by atoms with Crippen molar-refractivity contribution in [3.05, 3.63) is 71.6 Å². The Hall–Kier alpha value is -4.11. The molecule has 1 amide bonds. The van der Waals surface area contributed by atoms with Crippen LogP contribution < -0.4 is 14.8 Å². The molecule has 1 aromatic carbocycles. The second-order valence-electron chi connectivity index (χ2n) is 6.99. The maximum absolute atomic E-state index is 12.9. The number of alkyl halides is 3. The monoisotopic (exact) mass is 536 g/mol. The summed E-state index contributed by atoms with van der Waals surface area (Å²) in [4.78, 5) is 27.1. The molecule has 0 saturated carbocycles. The molecule has 0 atom stereocenters. The van der Waals surface area contributed by atoms with Crippen LogP contribution in [0.5, 0.6) is 5.88 Å². The van der Waals surface area contributed by atoms with Crippen LogP contribution in [-0.2, 0) is 16.2 Å². The molecule has 0 unspecified atom stereocenters. The maximum atomic E-state index is 12.9. The van der Waals surface area contributed by atoms with Crippen LogP contribution in [0.25, 0.3) is 10.6 Å². The van der Waals surface area contributed by atoms with Gasteiger partial charge in [0.1, 0.15) is 10.7 Å². The minimum absolute atomic E-state index is 0.00349. The molecule has 0 fully saturated rings. The van der Waals surface area contributed by atoms with E-state index in [1.165, 1.54) is 24.6 Å². The zero-order chi connectivity index (χ0) is 25.9. The summed E-state index contributed by atoms with van der Waals surface area (Å²) < 4.78 is 70.8. The number of nitrogens with zero attached hydrogens (tertiary/aromatic N) is 4. The molecule has 0 bridgehead atoms. The fourth-order valence-corrected chi connectivity index (χ4v) is 4.74. The predicted molar refractivity (Wildman–Crippen MR) is 124 cm³/mol. The Kier molecular flexibility index (Phi) is 6.85. The van der Waals surface area contributed by atoms with Crippen molar-refractivity contribution >= 4 is 38.9 Å². The van der Waals surface area contributed by atoms with Gasteiger partial charge in [-0.25, -0.2) is 33.1 Å². The first kappa shape index (κ1) is 25.0. The Labute approximate surface area is 206 Å². The number of amides is 1. The van der Waals surface area contributed by atoms with Crippen molar-refractivity contribution in [2.45, 2.75) is 11.1 Å². The highest BCUT2D eigenvalue weighted by Gasteiger charge is 2.32. The van der Waals surface area contributed by atoms with Gasteiger partial charge in [0, 0.05) is 23.3 Å². The normalized spacial score (nSPS) is 11.7. The SMILES string of the molecule is COc1ncc(NC(=O)c2csc(-c3ccccc3)n2)cc1S(=O)(=O)Nc1ncc(C(F)(F)F)cn1. The van der Waals surface area contributed by atoms with E-state index in [2.05, 4.69) is 25.3 Å². The minimum atomic E-state index is -4.68. The Bertz CT molecular complexity index is 1490. The zero-order valence-corrected chi connectivity index (χ0v) is 19.8. The fourth-order valence-electron chi connectivity index (χ4n) is 2.83. The number of sulfonamides is 1. The van der Waals surface area contributed by atoms with Crippen molar-refractivity contribution in [1.29, 1.82) is 0 Å². The Morgan fingerprint density at radius 3 is 2.39 bits per heavy atom. The molecular formula is C21H15F3N6O4S2. The number of hydrogen-bond donors (Lipinski definition) is 2. The summed E-state index contributed by atoms with van der Waals surface area (Å²) in [5.74, 6) is -1.54. The van der Waals surface area contributed by atoms with Crippen molar-refractivity contribution < 1.29 is 31.1 Å². The van der Waals surface area contributed by atoms with E-state index < -0.39 is 38.5 Å². The second-order valence-corrected chi connectivity index (χ2v) is 9.50. The number of hydrogen-bond acceptors (Lipinski definition) is 9. The topological polar surface area (TPSA) is 136 Å². The van der Waals surface area contributed by atoms with Crippen LogP contribution in [0.3, 0.4) is 0 Å². The smallest absolute Gasteiger partial charge is 0.419 e. The third-order valence-electron chi connectivity index (χ3n) is 4.52. The first-order valence-corrected chi connectivity index (χ1v) is 12.2. The number of benzene rings is 1. The molecule has 4 aromatic rings. The van der Waals surface area contributed by atoms with E-state index in [0.717, 1.165) is 11.6 Å². The average molecular weight is 537 g/mol. The molecule has 4 rings (SSSR count). The third kappa shape index (κ3) is 5.58. The van der Waals surface area contributed by atoms with Crippen LogP contribution in [0.15, 0.2) is 65.3 Å². The number of carbonyl (C=O) groups excluding carboxylic acids is 1. The molecule has 2 N–H and O–H groups in total. The van der Waals surface area contributed by atoms with Gasteiger partial charge in [-0.05, 0) is 6.07 Å². The minimum Gasteiger partial charge on any atom is -0.480 e. The molecule has 3 aromatic heterocycles. The van der Waals surface area contributed by atoms with Crippen molar-refractivity contribution in [2.24, 2.45) is 0 Å². The lowest BCUT2D eigenvalue weighted by Crippen LogP contribution is -2.18. The zero-order valence-electron chi connectivity index (χ0n) is 18.1. The van der Waals surface area contributed by atoms with E-state index >= 15 is 0 Å². The standard InChI is InChI=1S/C21H15F3N6O4S2/c1-34-18-16(36(32,33)30-20-26-8-13(9-27-20)21(22,23)24)7-14(10-25-18)28-17(31)15-11-35-19(29-15)12-5-3-2-4-6-12/h2-11H,1H3,(H,28,31)(H,26,27,30). The van der Waals surface area contributed by atoms with Crippen LogP contribution in [0.2, 0.25) is 0 Å². The molecule has 3 heterocycles. The van der Waals surface area contributed by atoms with Gasteiger partial charge >= 0.3 is 6.18 Å². The van der Waals surface area contributed by atoms with E-state index in [4.69, 9.17) is 4.74 Å². The Morgan fingerprint density at radius 2 is 1.75 bits per heavy atom. The maximum Gasteiger partial charge on any atom is 0.419 e. The summed E-state index contributed by atoms with van der Waals surface area (Å²) >= 11 is 1.26. The van der Waals surface area contributed by atoms with Crippen molar-refractivity contribution in [3.63, 3.8) is 0 Å². The summed E-state index contributed by atoms with van der Waals surface area (Å²) in [6, 6.07) is 10.3. The number of nitrogens with one attached hydrogen (secondary N) is 2. The number of methoxy groups -OCH3 is 1. The van der Waals surface area contributed by atoms with Gasteiger partial charge in [-0.15, -0.1) is 11.3 Å². The van der Waals surface area contributed by atoms with Crippen molar-refractivity contribution in [1.82, 2.24) is 19.9 Å². The molecule has 36 heavy (non-hydrogen) atoms. The number of halogens is 3. The fraction of sp³-hybridized carbons (Fsp3) is 0.0952. The van der Waals surface area contributed by atoms with Gasteiger partial charge < -0.3 is 10.1 Å². The summed E-state index contributed by atoms with van der Waals surface area (Å²) in [5.41, 5.74) is -0.205. The predicted octanol–water partition coefficient (Wildman–Crippen LogP) is 4.08. The van der Waals surface area contributed by atoms with Gasteiger partial charge in [0.2, 0.25) is 11.8 Å². The third-order valence-corrected chi connectivity index (χ3v) is 6.74. The Balaban J connectivity index is 1.55. The van der Waals surface area contributed by atoms with Crippen LogP contribution in [0.4, 0.5) is 24.8 Å². The molecule has 186 valence electrons. The summed E-state index contributed by atoms with van der Waals surface area (Å²) in [5, 5.41) is 4.69. The summed E-state index contributed by atoms with van der Waals surface area (Å²) in [6.45, 7) is 0. The molecule has 0 radical (unpaired) electrons. The largest absolute Gasteiger partial charge is 0.480 e. The molecule has 0 spiro atoms. The van der Waals surface area contributed by atoms with Gasteiger partial charge in [-0.3, -0.25) is 4.79 Å². The summed E-state index contributed by atoms with van der Waals surface area (Å²) in [7, 11) is -3.29. The molecule has 0 aliphatic carbocycles. The number of rotatable bonds is 7. The number of anilines is 2. The van der Waals surface area contributed by atoms with Crippen molar-refractivity contribution in [2.75, 3.05) is 17.1 Å². The van der Waals surface area contributed by atoms with Crippen LogP contribution >= 0.6 is 11.3 Å². The lowest BCUT2D eigenvalue weighted by Gasteiger charge is -2.12. The van der Waals surface area contributed by atoms with E-state index in [1.807, 2.05) is 35.1 Å². The molecule has 10 nitrogen and oxygen atoms in total. The lowest BCUT2D eigenvalue weighted by molar-refractivity contribution is -0.138. The number of carbonyl (C=O) groups is 1. The second kappa shape index (κ2) is 9.87. The molecule has 15 heteroatoms. The van der Waals surface area contributed by atoms with Crippen LogP contribution in [0.1, 0.15) is 16.1 Å². The Morgan fingerprint density at radius 1 is 1.06 bits per heavy atom. The molecular weight excluding hydrogens is 521 g/mol. The highest BCUT2D eigenvalue weighted by atomic mass is 32.2. The van der Waals surface area contributed by atoms with E-state index in [-0.39, 0.29) is 17.3 Å². The van der Waals surface area contributed by atoms with Gasteiger partial charge in [0.05, 0.1) is 24.6 Å². The first-order valence-electron chi connectivity index (χ1n) is 9.85. The quantitative estimate of drug-likeness (QED) is 0.361. The van der Waals surface area contributed by atoms with Gasteiger partial charge in [0.15, 0.2) is 4.90 Å². The van der Waals surface area contributed by atoms with Gasteiger partial charge in [-0.1, -0.05) is 30.3 Å². The highest BCUT2D eigenvalue weighted by Crippen LogP contribution is 2.30. The number of aromatic nitrogens is 4. The van der Waals surface area contributed by atoms with Crippen LogP contribution in [-0.4, -0.2) is 41.4 Å². The summed E-state index contributed by atoms with van der Waals surface area (Å²) in [6.07, 6.45) is -2.63. The highest BCUT2D eigenvalue weighted by molar-refractivity contribution is 7.92. The molecule has 0 saturated heterocycles. The van der Waals surface area contributed by atoms with Gasteiger partial charge in [0.25, 0.3) is 15.9 Å². The average Bonchev–Trinajstić information content (AvgIpc) is 3.35. The molecule has 0 aliphatic heterocycles. The first-order chi connectivity index (χ1) is 17.1. The van der Waals surface area contributed by atoms with Gasteiger partial charge in [-0.2, -0.15) is 13.2 Å². The van der Waals surface area contributed by atoms with E-state index in [9.17, 15) is 26.4 Å². The number of pyridine rings is 1. The van der Waals surface area contributed by atoms with E-state index in [1.54, 1.807) is 5.38 Å². The number of thiazole rings is 1. The van der Waals surface area contributed by atoms with Crippen molar-refractivity contribution in [3.8, 4) is 16.5 Å². The van der Waals surface area contributed by atoms with Crippen LogP contribution in [0, 0.1) is 0 Å². The van der Waals surface area contributed by atoms with E-state index in [0.29, 0.717) is 17.4 Å². The number of ether oxygens (including phenoxy) is 1. The molecule has 0 aliphatic rings.